The Morgan fingerprint density at radius 1 is 0.846 bits per heavy atom. The van der Waals surface area contributed by atoms with Crippen molar-refractivity contribution < 1.29 is 0 Å². The molecule has 140 valence electrons. The molecule has 0 saturated carbocycles. The van der Waals surface area contributed by atoms with Crippen molar-refractivity contribution in [2.24, 2.45) is 17.6 Å². The first-order valence-corrected chi connectivity index (χ1v) is 10.2. The second-order valence-electron chi connectivity index (χ2n) is 8.38. The van der Waals surface area contributed by atoms with Crippen LogP contribution >= 0.6 is 0 Å². The van der Waals surface area contributed by atoms with Crippen LogP contribution in [0.25, 0.3) is 0 Å². The molecular formula is C24H34N2. The predicted molar refractivity (Wildman–Crippen MR) is 111 cm³/mol. The Morgan fingerprint density at radius 2 is 1.35 bits per heavy atom. The molecule has 3 rings (SSSR count). The Bertz CT molecular complexity index is 590. The van der Waals surface area contributed by atoms with Gasteiger partial charge in [-0.05, 0) is 42.2 Å². The number of hydrogen-bond acceptors (Lipinski definition) is 2. The summed E-state index contributed by atoms with van der Waals surface area (Å²) in [5, 5.41) is 0. The van der Waals surface area contributed by atoms with Gasteiger partial charge >= 0.3 is 0 Å². The van der Waals surface area contributed by atoms with Crippen molar-refractivity contribution in [3.8, 4) is 0 Å². The molecule has 0 aromatic heterocycles. The van der Waals surface area contributed by atoms with Crippen molar-refractivity contribution in [2.45, 2.75) is 45.1 Å². The zero-order valence-corrected chi connectivity index (χ0v) is 16.4. The standard InChI is InChI=1S/C24H34N2/c1-19-15-20(2)17-26(16-19)18-23(25)13-14-24(21-9-5-3-6-10-21)22-11-7-4-8-12-22/h3-12,19-20,23-24H,13-18,25H2,1-2H3. The lowest BCUT2D eigenvalue weighted by Crippen LogP contribution is -2.45. The van der Waals surface area contributed by atoms with E-state index in [4.69, 9.17) is 5.73 Å². The van der Waals surface area contributed by atoms with Crippen molar-refractivity contribution in [1.29, 1.82) is 0 Å². The summed E-state index contributed by atoms with van der Waals surface area (Å²) in [5.41, 5.74) is 9.35. The summed E-state index contributed by atoms with van der Waals surface area (Å²) in [7, 11) is 0. The van der Waals surface area contributed by atoms with Crippen LogP contribution in [0.15, 0.2) is 60.7 Å². The van der Waals surface area contributed by atoms with Gasteiger partial charge in [-0.3, -0.25) is 0 Å². The third kappa shape index (κ3) is 5.43. The van der Waals surface area contributed by atoms with E-state index in [1.54, 1.807) is 0 Å². The molecule has 26 heavy (non-hydrogen) atoms. The maximum Gasteiger partial charge on any atom is 0.0168 e. The van der Waals surface area contributed by atoms with Crippen LogP contribution in [0, 0.1) is 11.8 Å². The molecule has 1 fully saturated rings. The van der Waals surface area contributed by atoms with E-state index in [0.717, 1.165) is 31.2 Å². The summed E-state index contributed by atoms with van der Waals surface area (Å²) in [6.45, 7) is 8.19. The summed E-state index contributed by atoms with van der Waals surface area (Å²) in [5.74, 6) is 2.03. The van der Waals surface area contributed by atoms with Gasteiger partial charge in [-0.15, -0.1) is 0 Å². The highest BCUT2D eigenvalue weighted by atomic mass is 15.1. The van der Waals surface area contributed by atoms with Gasteiger partial charge in [0.15, 0.2) is 0 Å². The Labute approximate surface area is 159 Å². The zero-order valence-electron chi connectivity index (χ0n) is 16.4. The molecule has 0 bridgehead atoms. The van der Waals surface area contributed by atoms with Crippen LogP contribution in [-0.2, 0) is 0 Å². The average molecular weight is 351 g/mol. The van der Waals surface area contributed by atoms with Crippen LogP contribution in [0.5, 0.6) is 0 Å². The second kappa shape index (κ2) is 9.34. The largest absolute Gasteiger partial charge is 0.327 e. The molecule has 0 aliphatic carbocycles. The van der Waals surface area contributed by atoms with Crippen LogP contribution in [0.4, 0.5) is 0 Å². The predicted octanol–water partition coefficient (Wildman–Crippen LogP) is 4.90. The van der Waals surface area contributed by atoms with Gasteiger partial charge in [0.05, 0.1) is 0 Å². The highest BCUT2D eigenvalue weighted by molar-refractivity contribution is 5.32. The molecule has 2 N–H and O–H groups in total. The van der Waals surface area contributed by atoms with Crippen LogP contribution in [0.1, 0.15) is 50.2 Å². The molecule has 2 aromatic rings. The minimum atomic E-state index is 0.252. The first-order chi connectivity index (χ1) is 12.6. The van der Waals surface area contributed by atoms with Gasteiger partial charge in [0.2, 0.25) is 0 Å². The van der Waals surface area contributed by atoms with E-state index < -0.39 is 0 Å². The van der Waals surface area contributed by atoms with E-state index in [2.05, 4.69) is 79.4 Å². The molecule has 1 aliphatic heterocycles. The molecule has 1 aliphatic rings. The smallest absolute Gasteiger partial charge is 0.0168 e. The average Bonchev–Trinajstić information content (AvgIpc) is 2.63. The first kappa shape index (κ1) is 19.1. The number of hydrogen-bond donors (Lipinski definition) is 1. The molecule has 2 heteroatoms. The third-order valence-electron chi connectivity index (χ3n) is 5.67. The highest BCUT2D eigenvalue weighted by Crippen LogP contribution is 2.29. The number of likely N-dealkylation sites (tertiary alicyclic amines) is 1. The van der Waals surface area contributed by atoms with Gasteiger partial charge in [0.25, 0.3) is 0 Å². The monoisotopic (exact) mass is 350 g/mol. The van der Waals surface area contributed by atoms with Crippen molar-refractivity contribution in [3.63, 3.8) is 0 Å². The summed E-state index contributed by atoms with van der Waals surface area (Å²) in [6, 6.07) is 22.0. The van der Waals surface area contributed by atoms with Gasteiger partial charge in [-0.2, -0.15) is 0 Å². The van der Waals surface area contributed by atoms with E-state index in [1.807, 2.05) is 0 Å². The number of rotatable bonds is 7. The van der Waals surface area contributed by atoms with Crippen LogP contribution in [0.2, 0.25) is 0 Å². The summed E-state index contributed by atoms with van der Waals surface area (Å²) in [6.07, 6.45) is 3.53. The Balaban J connectivity index is 1.61. The van der Waals surface area contributed by atoms with Gasteiger partial charge < -0.3 is 10.6 Å². The fourth-order valence-corrected chi connectivity index (χ4v) is 4.64. The molecule has 2 aromatic carbocycles. The lowest BCUT2D eigenvalue weighted by Gasteiger charge is -2.36. The van der Waals surface area contributed by atoms with E-state index in [9.17, 15) is 0 Å². The fraction of sp³-hybridized carbons (Fsp3) is 0.500. The molecular weight excluding hydrogens is 316 g/mol. The molecule has 0 radical (unpaired) electrons. The van der Waals surface area contributed by atoms with Gasteiger partial charge in [0, 0.05) is 31.6 Å². The summed E-state index contributed by atoms with van der Waals surface area (Å²) < 4.78 is 0. The minimum Gasteiger partial charge on any atom is -0.327 e. The Morgan fingerprint density at radius 3 is 1.85 bits per heavy atom. The second-order valence-corrected chi connectivity index (χ2v) is 8.38. The van der Waals surface area contributed by atoms with E-state index in [-0.39, 0.29) is 6.04 Å². The normalized spacial score (nSPS) is 22.5. The zero-order chi connectivity index (χ0) is 18.4. The third-order valence-corrected chi connectivity index (χ3v) is 5.67. The summed E-state index contributed by atoms with van der Waals surface area (Å²) in [4.78, 5) is 2.59. The van der Waals surface area contributed by atoms with Crippen molar-refractivity contribution >= 4 is 0 Å². The van der Waals surface area contributed by atoms with Crippen molar-refractivity contribution in [3.05, 3.63) is 71.8 Å². The van der Waals surface area contributed by atoms with E-state index in [1.165, 1.54) is 30.6 Å². The molecule has 3 unspecified atom stereocenters. The number of nitrogens with zero attached hydrogens (tertiary/aromatic N) is 1. The first-order valence-electron chi connectivity index (χ1n) is 10.2. The van der Waals surface area contributed by atoms with Crippen LogP contribution in [-0.4, -0.2) is 30.6 Å². The van der Waals surface area contributed by atoms with Crippen molar-refractivity contribution in [1.82, 2.24) is 4.90 Å². The lowest BCUT2D eigenvalue weighted by atomic mass is 9.86. The van der Waals surface area contributed by atoms with Crippen molar-refractivity contribution in [2.75, 3.05) is 19.6 Å². The number of nitrogens with two attached hydrogens (primary N) is 1. The molecule has 1 heterocycles. The molecule has 2 nitrogen and oxygen atoms in total. The maximum absolute atomic E-state index is 6.56. The molecule has 1 saturated heterocycles. The maximum atomic E-state index is 6.56. The van der Waals surface area contributed by atoms with Crippen LogP contribution < -0.4 is 5.73 Å². The number of benzene rings is 2. The summed E-state index contributed by atoms with van der Waals surface area (Å²) >= 11 is 0. The van der Waals surface area contributed by atoms with E-state index in [0.29, 0.717) is 5.92 Å². The van der Waals surface area contributed by atoms with Gasteiger partial charge in [-0.1, -0.05) is 74.5 Å². The molecule has 3 atom stereocenters. The van der Waals surface area contributed by atoms with Gasteiger partial charge in [0.1, 0.15) is 0 Å². The van der Waals surface area contributed by atoms with E-state index >= 15 is 0 Å². The van der Waals surface area contributed by atoms with Crippen LogP contribution in [0.3, 0.4) is 0 Å². The van der Waals surface area contributed by atoms with Gasteiger partial charge in [-0.25, -0.2) is 0 Å². The minimum absolute atomic E-state index is 0.252. The Hall–Kier alpha value is -1.64. The Kier molecular flexibility index (Phi) is 6.87. The lowest BCUT2D eigenvalue weighted by molar-refractivity contribution is 0.132. The molecule has 0 spiro atoms. The highest BCUT2D eigenvalue weighted by Gasteiger charge is 2.23. The molecule has 0 amide bonds. The number of piperidine rings is 1. The SMILES string of the molecule is CC1CC(C)CN(CC(N)CCC(c2ccccc2)c2ccccc2)C1. The topological polar surface area (TPSA) is 29.3 Å². The quantitative estimate of drug-likeness (QED) is 0.769. The fourth-order valence-electron chi connectivity index (χ4n) is 4.64.